The Balaban J connectivity index is 1.65. The molecule has 2 unspecified atom stereocenters. The maximum Gasteiger partial charge on any atom is 0.160 e. The number of benzene rings is 2. The van der Waals surface area contributed by atoms with Gasteiger partial charge in [0, 0.05) is 17.9 Å². The first kappa shape index (κ1) is 40.3. The van der Waals surface area contributed by atoms with Gasteiger partial charge in [-0.2, -0.15) is 0 Å². The number of likely N-dealkylation sites (tertiary alicyclic amines) is 1. The van der Waals surface area contributed by atoms with E-state index in [1.165, 1.54) is 150 Å². The molecule has 4 rings (SSSR count). The number of carbonyl (C=O) groups excluding carboxylic acids is 1. The van der Waals surface area contributed by atoms with Crippen molar-refractivity contribution in [2.45, 2.75) is 163 Å². The van der Waals surface area contributed by atoms with E-state index < -0.39 is 0 Å². The molecule has 2 nitrogen and oxygen atoms in total. The molecule has 1 aliphatic heterocycles. The van der Waals surface area contributed by atoms with Crippen LogP contribution in [0.4, 0.5) is 0 Å². The molecule has 2 fully saturated rings. The first-order valence-corrected chi connectivity index (χ1v) is 21.1. The Labute approximate surface area is 308 Å². The summed E-state index contributed by atoms with van der Waals surface area (Å²) in [5, 5.41) is 0. The van der Waals surface area contributed by atoms with Crippen LogP contribution < -0.4 is 0 Å². The first-order chi connectivity index (χ1) is 24.3. The van der Waals surface area contributed by atoms with E-state index in [-0.39, 0.29) is 11.3 Å². The van der Waals surface area contributed by atoms with E-state index in [1.807, 2.05) is 6.08 Å². The van der Waals surface area contributed by atoms with Crippen LogP contribution in [0, 0.1) is 44.9 Å². The van der Waals surface area contributed by atoms with Crippen LogP contribution in [0.1, 0.15) is 169 Å². The number of allylic oxidation sites excluding steroid dienone is 2. The van der Waals surface area contributed by atoms with Crippen LogP contribution in [0.2, 0.25) is 0 Å². The highest BCUT2D eigenvalue weighted by molar-refractivity contribution is 5.96. The molecule has 0 amide bonds. The Kier molecular flexibility index (Phi) is 17.6. The molecule has 2 aliphatic rings. The number of piperidine rings is 1. The Morgan fingerprint density at radius 1 is 0.640 bits per heavy atom. The van der Waals surface area contributed by atoms with Crippen LogP contribution >= 0.6 is 0 Å². The van der Waals surface area contributed by atoms with Crippen molar-refractivity contribution in [1.82, 2.24) is 4.90 Å². The highest BCUT2D eigenvalue weighted by Gasteiger charge is 2.48. The van der Waals surface area contributed by atoms with Crippen molar-refractivity contribution in [2.75, 3.05) is 19.6 Å². The second-order valence-electron chi connectivity index (χ2n) is 16.3. The Morgan fingerprint density at radius 3 is 1.52 bits per heavy atom. The van der Waals surface area contributed by atoms with Gasteiger partial charge in [0.1, 0.15) is 0 Å². The zero-order valence-corrected chi connectivity index (χ0v) is 33.0. The van der Waals surface area contributed by atoms with Gasteiger partial charge in [-0.3, -0.25) is 4.79 Å². The molecular weight excluding hydrogens is 607 g/mol. The third kappa shape index (κ3) is 12.6. The van der Waals surface area contributed by atoms with Gasteiger partial charge in [0.05, 0.1) is 0 Å². The summed E-state index contributed by atoms with van der Waals surface area (Å²) in [6.45, 7) is 14.0. The van der Waals surface area contributed by atoms with Gasteiger partial charge in [-0.1, -0.05) is 171 Å². The number of hydrogen-bond acceptors (Lipinski definition) is 2. The zero-order valence-electron chi connectivity index (χ0n) is 33.0. The van der Waals surface area contributed by atoms with E-state index in [0.29, 0.717) is 11.7 Å². The van der Waals surface area contributed by atoms with Crippen molar-refractivity contribution in [2.24, 2.45) is 17.3 Å². The van der Waals surface area contributed by atoms with Crippen molar-refractivity contribution < 1.29 is 4.79 Å². The van der Waals surface area contributed by atoms with E-state index in [0.717, 1.165) is 31.6 Å². The second kappa shape index (κ2) is 21.8. The van der Waals surface area contributed by atoms with Gasteiger partial charge in [0.2, 0.25) is 0 Å². The number of nitrogens with zero attached hydrogens (tertiary/aromatic N) is 1. The van der Waals surface area contributed by atoms with Crippen molar-refractivity contribution in [3.8, 4) is 0 Å². The average Bonchev–Trinajstić information content (AvgIpc) is 3.12. The molecule has 2 aromatic carbocycles. The molecule has 1 saturated heterocycles. The lowest BCUT2D eigenvalue weighted by Gasteiger charge is -2.50. The molecule has 0 radical (unpaired) electrons. The largest absolute Gasteiger partial charge is 0.303 e. The van der Waals surface area contributed by atoms with Crippen LogP contribution in [-0.4, -0.2) is 30.3 Å². The van der Waals surface area contributed by atoms with Crippen LogP contribution in [0.15, 0.2) is 48.6 Å². The average molecular weight is 680 g/mol. The Bertz CT molecular complexity index is 1330. The third-order valence-corrected chi connectivity index (χ3v) is 12.7. The quantitative estimate of drug-likeness (QED) is 0.272. The maximum atomic E-state index is 14.7. The Morgan fingerprint density at radius 2 is 1.08 bits per heavy atom. The highest BCUT2D eigenvalue weighted by atomic mass is 16.1. The summed E-state index contributed by atoms with van der Waals surface area (Å²) in [4.78, 5) is 17.2. The molecule has 2 heteroatoms. The first-order valence-electron chi connectivity index (χ1n) is 21.1. The minimum Gasteiger partial charge on any atom is -0.303 e. The molecular formula is C48H73NO. The van der Waals surface area contributed by atoms with Gasteiger partial charge in [-0.15, -0.1) is 0 Å². The van der Waals surface area contributed by atoms with Gasteiger partial charge in [0.15, 0.2) is 5.78 Å². The molecule has 1 heterocycles. The lowest BCUT2D eigenvalue weighted by molar-refractivity contribution is -0.126. The molecule has 1 aliphatic carbocycles. The minimum absolute atomic E-state index is 0.0302. The molecule has 0 N–H and O–H groups in total. The monoisotopic (exact) mass is 680 g/mol. The fourth-order valence-electron chi connectivity index (χ4n) is 8.91. The number of ketones is 1. The van der Waals surface area contributed by atoms with Crippen LogP contribution in [0.5, 0.6) is 0 Å². The third-order valence-electron chi connectivity index (χ3n) is 12.7. The topological polar surface area (TPSA) is 20.3 Å². The highest BCUT2D eigenvalue weighted by Crippen LogP contribution is 2.50. The van der Waals surface area contributed by atoms with Crippen molar-refractivity contribution in [1.29, 1.82) is 0 Å². The number of carbonyl (C=O) groups is 1. The van der Waals surface area contributed by atoms with Gasteiger partial charge < -0.3 is 4.90 Å². The molecule has 2 aromatic rings. The fourth-order valence-corrected chi connectivity index (χ4v) is 8.91. The van der Waals surface area contributed by atoms with Crippen molar-refractivity contribution in [3.63, 3.8) is 0 Å². The summed E-state index contributed by atoms with van der Waals surface area (Å²) in [6.07, 6.45) is 36.1. The van der Waals surface area contributed by atoms with Gasteiger partial charge in [-0.25, -0.2) is 0 Å². The molecule has 276 valence electrons. The lowest BCUT2D eigenvalue weighted by Crippen LogP contribution is -2.52. The van der Waals surface area contributed by atoms with Crippen LogP contribution in [-0.2, 0) is 4.79 Å². The molecule has 2 atom stereocenters. The van der Waals surface area contributed by atoms with Gasteiger partial charge in [0.25, 0.3) is 0 Å². The predicted octanol–water partition coefficient (Wildman–Crippen LogP) is 13.6. The standard InChI is InChI=1S/C48H73NO/c1-6-49-35-34-48(33-32-44-29-27-40(3)42(5)37-44,46(38-49)47(50)31-30-43-28-26-39(2)41(4)36-43)45-24-22-20-18-16-14-12-10-8-7-9-11-13-15-17-19-21-23-25-45/h26-33,36-37,45-46H,6-25,34-35,38H2,1-5H3/b31-30+,33-32+. The van der Waals surface area contributed by atoms with Gasteiger partial charge >= 0.3 is 0 Å². The van der Waals surface area contributed by atoms with Crippen LogP contribution in [0.25, 0.3) is 12.2 Å². The zero-order chi connectivity index (χ0) is 35.6. The second-order valence-corrected chi connectivity index (χ2v) is 16.3. The summed E-state index contributed by atoms with van der Waals surface area (Å²) in [5.41, 5.74) is 7.53. The van der Waals surface area contributed by atoms with E-state index in [2.05, 4.69) is 94.1 Å². The molecule has 0 aromatic heterocycles. The van der Waals surface area contributed by atoms with E-state index >= 15 is 0 Å². The van der Waals surface area contributed by atoms with E-state index in [4.69, 9.17) is 0 Å². The number of rotatable bonds is 7. The summed E-state index contributed by atoms with van der Waals surface area (Å²) in [7, 11) is 0. The van der Waals surface area contributed by atoms with E-state index in [9.17, 15) is 4.79 Å². The summed E-state index contributed by atoms with van der Waals surface area (Å²) in [6, 6.07) is 13.4. The minimum atomic E-state index is -0.133. The predicted molar refractivity (Wildman–Crippen MR) is 219 cm³/mol. The smallest absolute Gasteiger partial charge is 0.160 e. The number of hydrogen-bond donors (Lipinski definition) is 0. The summed E-state index contributed by atoms with van der Waals surface area (Å²) >= 11 is 0. The van der Waals surface area contributed by atoms with E-state index in [1.54, 1.807) is 0 Å². The fraction of sp³-hybridized carbons (Fsp3) is 0.646. The SMILES string of the molecule is CCN1CCC(/C=C/c2ccc(C)c(C)c2)(C2CCCCCCCCCCCCCCCCCCC2)C(C(=O)/C=C/c2ccc(C)c(C)c2)C1. The lowest BCUT2D eigenvalue weighted by atomic mass is 9.58. The summed E-state index contributed by atoms with van der Waals surface area (Å²) in [5.74, 6) is 0.814. The van der Waals surface area contributed by atoms with Crippen LogP contribution in [0.3, 0.4) is 0 Å². The molecule has 1 saturated carbocycles. The van der Waals surface area contributed by atoms with Crippen molar-refractivity contribution in [3.05, 3.63) is 81.9 Å². The normalized spacial score (nSPS) is 24.1. The molecule has 0 spiro atoms. The summed E-state index contributed by atoms with van der Waals surface area (Å²) < 4.78 is 0. The number of aryl methyl sites for hydroxylation is 4. The van der Waals surface area contributed by atoms with Gasteiger partial charge in [-0.05, 0) is 105 Å². The molecule has 50 heavy (non-hydrogen) atoms. The Hall–Kier alpha value is -2.45. The van der Waals surface area contributed by atoms with Crippen molar-refractivity contribution >= 4 is 17.9 Å². The molecule has 0 bridgehead atoms. The maximum absolute atomic E-state index is 14.7.